The molecule has 12 heteroatoms. The summed E-state index contributed by atoms with van der Waals surface area (Å²) in [7, 11) is 1.48. The van der Waals surface area contributed by atoms with E-state index in [1.54, 1.807) is 42.5 Å². The third-order valence-electron chi connectivity index (χ3n) is 6.14. The number of benzene rings is 3. The van der Waals surface area contributed by atoms with Gasteiger partial charge < -0.3 is 29.5 Å². The van der Waals surface area contributed by atoms with Gasteiger partial charge in [0.15, 0.2) is 0 Å². The Morgan fingerprint density at radius 1 is 1.07 bits per heavy atom. The van der Waals surface area contributed by atoms with Gasteiger partial charge >= 0.3 is 12.3 Å². The van der Waals surface area contributed by atoms with Crippen molar-refractivity contribution < 1.29 is 42.1 Å². The Kier molecular flexibility index (Phi) is 9.06. The second kappa shape index (κ2) is 12.5. The number of nitrogens with zero attached hydrogens (tertiary/aromatic N) is 1. The Balaban J connectivity index is 1.63. The second-order valence-electron chi connectivity index (χ2n) is 8.97. The molecule has 0 aliphatic carbocycles. The van der Waals surface area contributed by atoms with E-state index in [1.807, 2.05) is 0 Å². The number of hydrogen-bond donors (Lipinski definition) is 2. The molecule has 0 aromatic heterocycles. The summed E-state index contributed by atoms with van der Waals surface area (Å²) in [5, 5.41) is 12.5. The van der Waals surface area contributed by atoms with Crippen molar-refractivity contribution in [2.45, 2.75) is 31.9 Å². The largest absolute Gasteiger partial charge is 0.573 e. The number of halogens is 4. The molecule has 0 radical (unpaired) electrons. The predicted molar refractivity (Wildman–Crippen MR) is 142 cm³/mol. The molecule has 1 aliphatic heterocycles. The first-order valence-electron chi connectivity index (χ1n) is 12.2. The minimum atomic E-state index is -4.86. The van der Waals surface area contributed by atoms with Crippen molar-refractivity contribution in [3.8, 4) is 11.5 Å². The van der Waals surface area contributed by atoms with Gasteiger partial charge in [-0.3, -0.25) is 9.59 Å². The average Bonchev–Trinajstić information content (AvgIpc) is 3.32. The summed E-state index contributed by atoms with van der Waals surface area (Å²) in [6.45, 7) is 0.409. The van der Waals surface area contributed by atoms with Crippen LogP contribution in [0.4, 0.5) is 24.5 Å². The Morgan fingerprint density at radius 3 is 2.50 bits per heavy atom. The van der Waals surface area contributed by atoms with Gasteiger partial charge in [-0.05, 0) is 53.4 Å². The molecular weight excluding hydrogens is 553 g/mol. The van der Waals surface area contributed by atoms with E-state index in [1.165, 1.54) is 30.2 Å². The van der Waals surface area contributed by atoms with E-state index >= 15 is 0 Å². The summed E-state index contributed by atoms with van der Waals surface area (Å²) in [6, 6.07) is 14.8. The number of carboxylic acid groups (broad SMARTS) is 1. The number of amides is 1. The van der Waals surface area contributed by atoms with Crippen molar-refractivity contribution in [2.24, 2.45) is 0 Å². The van der Waals surface area contributed by atoms with Gasteiger partial charge in [0.25, 0.3) is 5.91 Å². The average molecular weight is 579 g/mol. The molecule has 1 unspecified atom stereocenters. The van der Waals surface area contributed by atoms with E-state index in [-0.39, 0.29) is 26.2 Å². The molecule has 40 heavy (non-hydrogen) atoms. The minimum absolute atomic E-state index is 0.0234. The highest BCUT2D eigenvalue weighted by Gasteiger charge is 2.34. The fourth-order valence-corrected chi connectivity index (χ4v) is 4.47. The third kappa shape index (κ3) is 7.57. The van der Waals surface area contributed by atoms with Crippen molar-refractivity contribution in [2.75, 3.05) is 30.5 Å². The SMILES string of the molecule is COc1cc(COCCC(=O)O)cc(NC(C(=O)N2CCc3ccc(OC(F)(F)F)cc32)c2ccc(Cl)cc2)c1. The van der Waals surface area contributed by atoms with Crippen molar-refractivity contribution in [3.63, 3.8) is 0 Å². The molecule has 0 bridgehead atoms. The first-order valence-corrected chi connectivity index (χ1v) is 12.6. The van der Waals surface area contributed by atoms with Crippen LogP contribution in [0.3, 0.4) is 0 Å². The summed E-state index contributed by atoms with van der Waals surface area (Å²) in [5.74, 6) is -1.31. The number of rotatable bonds is 11. The number of hydrogen-bond acceptors (Lipinski definition) is 6. The van der Waals surface area contributed by atoms with Gasteiger partial charge in [0.05, 0.1) is 32.4 Å². The van der Waals surface area contributed by atoms with Crippen LogP contribution in [0.2, 0.25) is 5.02 Å². The van der Waals surface area contributed by atoms with Crippen LogP contribution in [0, 0.1) is 0 Å². The number of carbonyl (C=O) groups is 2. The molecule has 8 nitrogen and oxygen atoms in total. The van der Waals surface area contributed by atoms with E-state index < -0.39 is 30.0 Å². The number of alkyl halides is 3. The van der Waals surface area contributed by atoms with E-state index in [0.29, 0.717) is 39.7 Å². The number of carboxylic acids is 1. The first-order chi connectivity index (χ1) is 19.0. The monoisotopic (exact) mass is 578 g/mol. The summed E-state index contributed by atoms with van der Waals surface area (Å²) >= 11 is 6.07. The van der Waals surface area contributed by atoms with Crippen LogP contribution < -0.4 is 19.7 Å². The molecule has 1 aliphatic rings. The zero-order valence-corrected chi connectivity index (χ0v) is 22.1. The van der Waals surface area contributed by atoms with Gasteiger partial charge in [0.2, 0.25) is 0 Å². The summed E-state index contributed by atoms with van der Waals surface area (Å²) < 4.78 is 53.4. The lowest BCUT2D eigenvalue weighted by Crippen LogP contribution is -2.37. The van der Waals surface area contributed by atoms with Crippen LogP contribution in [0.25, 0.3) is 0 Å². The molecule has 212 valence electrons. The lowest BCUT2D eigenvalue weighted by atomic mass is 10.0. The smallest absolute Gasteiger partial charge is 0.497 e. The van der Waals surface area contributed by atoms with Gasteiger partial charge in [-0.1, -0.05) is 29.8 Å². The zero-order chi connectivity index (χ0) is 28.9. The molecule has 0 fully saturated rings. The molecule has 3 aromatic carbocycles. The van der Waals surface area contributed by atoms with Crippen molar-refractivity contribution in [1.29, 1.82) is 0 Å². The first kappa shape index (κ1) is 29.0. The maximum absolute atomic E-state index is 14.0. The zero-order valence-electron chi connectivity index (χ0n) is 21.3. The molecule has 4 rings (SSSR count). The van der Waals surface area contributed by atoms with E-state index in [9.17, 15) is 22.8 Å². The van der Waals surface area contributed by atoms with Gasteiger partial charge in [-0.2, -0.15) is 0 Å². The Hall–Kier alpha value is -3.96. The van der Waals surface area contributed by atoms with Crippen molar-refractivity contribution in [1.82, 2.24) is 0 Å². The second-order valence-corrected chi connectivity index (χ2v) is 9.41. The quantitative estimate of drug-likeness (QED) is 0.270. The normalized spacial score (nSPS) is 13.5. The highest BCUT2D eigenvalue weighted by Crippen LogP contribution is 2.36. The maximum Gasteiger partial charge on any atom is 0.573 e. The number of aliphatic carboxylic acids is 1. The van der Waals surface area contributed by atoms with E-state index in [0.717, 1.165) is 5.56 Å². The van der Waals surface area contributed by atoms with Gasteiger partial charge in [-0.25, -0.2) is 0 Å². The Labute approximate surface area is 233 Å². The molecular formula is C28H26ClF3N2O6. The van der Waals surface area contributed by atoms with Crippen LogP contribution in [0.5, 0.6) is 11.5 Å². The number of nitrogens with one attached hydrogen (secondary N) is 1. The summed E-state index contributed by atoms with van der Waals surface area (Å²) in [4.78, 5) is 26.2. The molecule has 1 atom stereocenters. The van der Waals surface area contributed by atoms with Crippen LogP contribution in [-0.2, 0) is 27.4 Å². The standard InChI is InChI=1S/C28H26ClF3N2O6/c1-38-23-13-17(16-39-11-9-25(35)36)12-21(14-23)33-26(19-2-5-20(29)6-3-19)27(37)34-10-8-18-4-7-22(15-24(18)34)40-28(30,31)32/h2-7,12-15,26,33H,8-11,16H2,1H3,(H,35,36). The lowest BCUT2D eigenvalue weighted by molar-refractivity contribution is -0.274. The number of anilines is 2. The number of carbonyl (C=O) groups excluding carboxylic acids is 1. The molecule has 3 aromatic rings. The Bertz CT molecular complexity index is 1370. The predicted octanol–water partition coefficient (Wildman–Crippen LogP) is 5.98. The number of ether oxygens (including phenoxy) is 3. The highest BCUT2D eigenvalue weighted by atomic mass is 35.5. The maximum atomic E-state index is 14.0. The van der Waals surface area contributed by atoms with Crippen molar-refractivity contribution in [3.05, 3.63) is 82.4 Å². The van der Waals surface area contributed by atoms with Crippen LogP contribution in [0.1, 0.15) is 29.2 Å². The van der Waals surface area contributed by atoms with Gasteiger partial charge in [0, 0.05) is 29.4 Å². The molecule has 0 saturated carbocycles. The van der Waals surface area contributed by atoms with Crippen LogP contribution in [-0.4, -0.2) is 43.6 Å². The molecule has 2 N–H and O–H groups in total. The summed E-state index contributed by atoms with van der Waals surface area (Å²) in [5.41, 5.74) is 2.83. The highest BCUT2D eigenvalue weighted by molar-refractivity contribution is 6.30. The minimum Gasteiger partial charge on any atom is -0.497 e. The number of fused-ring (bicyclic) bond motifs is 1. The molecule has 1 amide bonds. The van der Waals surface area contributed by atoms with Gasteiger partial charge in [-0.15, -0.1) is 13.2 Å². The van der Waals surface area contributed by atoms with Gasteiger partial charge in [0.1, 0.15) is 17.5 Å². The topological polar surface area (TPSA) is 97.3 Å². The van der Waals surface area contributed by atoms with Crippen LogP contribution >= 0.6 is 11.6 Å². The van der Waals surface area contributed by atoms with Crippen molar-refractivity contribution >= 4 is 34.9 Å². The fraction of sp³-hybridized carbons (Fsp3) is 0.286. The molecule has 0 spiro atoms. The lowest BCUT2D eigenvalue weighted by Gasteiger charge is -2.27. The fourth-order valence-electron chi connectivity index (χ4n) is 4.35. The third-order valence-corrected chi connectivity index (χ3v) is 6.40. The number of methoxy groups -OCH3 is 1. The van der Waals surface area contributed by atoms with E-state index in [2.05, 4.69) is 10.1 Å². The van der Waals surface area contributed by atoms with E-state index in [4.69, 9.17) is 26.2 Å². The van der Waals surface area contributed by atoms with Crippen LogP contribution in [0.15, 0.2) is 60.7 Å². The summed E-state index contributed by atoms with van der Waals surface area (Å²) in [6.07, 6.45) is -4.54. The Morgan fingerprint density at radius 2 is 1.82 bits per heavy atom. The molecule has 0 saturated heterocycles. The molecule has 1 heterocycles.